The molecule has 0 saturated heterocycles. The number of hydrogen-bond donors (Lipinski definition) is 1. The number of nitrogens with one attached hydrogen (secondary N) is 1. The first-order valence-corrected chi connectivity index (χ1v) is 9.32. The zero-order chi connectivity index (χ0) is 19.7. The molecular formula is C22H19ClN4O. The monoisotopic (exact) mass is 390 g/mol. The minimum Gasteiger partial charge on any atom is -0.340 e. The molecule has 2 aromatic carbocycles. The lowest BCUT2D eigenvalue weighted by Crippen LogP contribution is -2.31. The van der Waals surface area contributed by atoms with Gasteiger partial charge in [0.15, 0.2) is 0 Å². The minimum absolute atomic E-state index is 0.187. The zero-order valence-corrected chi connectivity index (χ0v) is 16.3. The van der Waals surface area contributed by atoms with Gasteiger partial charge in [0.1, 0.15) is 0 Å². The van der Waals surface area contributed by atoms with Crippen molar-refractivity contribution >= 4 is 28.4 Å². The third kappa shape index (κ3) is 3.37. The molecule has 4 rings (SSSR count). The maximum atomic E-state index is 13.3. The van der Waals surface area contributed by atoms with Crippen LogP contribution >= 0.6 is 11.6 Å². The summed E-state index contributed by atoms with van der Waals surface area (Å²) in [5.41, 5.74) is 3.79. The van der Waals surface area contributed by atoms with Crippen LogP contribution in [0.15, 0.2) is 66.9 Å². The van der Waals surface area contributed by atoms with Crippen molar-refractivity contribution in [3.05, 3.63) is 94.4 Å². The second-order valence-electron chi connectivity index (χ2n) is 6.64. The first kappa shape index (κ1) is 18.2. The number of pyridine rings is 1. The number of carbonyl (C=O) groups is 1. The molecule has 4 aromatic rings. The van der Waals surface area contributed by atoms with Crippen molar-refractivity contribution in [2.75, 3.05) is 0 Å². The van der Waals surface area contributed by atoms with Crippen molar-refractivity contribution < 1.29 is 4.79 Å². The highest BCUT2D eigenvalue weighted by molar-refractivity contribution is 6.35. The van der Waals surface area contributed by atoms with Crippen LogP contribution in [0, 0.1) is 6.92 Å². The van der Waals surface area contributed by atoms with Crippen LogP contribution in [0.4, 0.5) is 0 Å². The van der Waals surface area contributed by atoms with E-state index in [-0.39, 0.29) is 11.9 Å². The summed E-state index contributed by atoms with van der Waals surface area (Å²) < 4.78 is 1.77. The average molecular weight is 391 g/mol. The van der Waals surface area contributed by atoms with E-state index in [1.54, 1.807) is 23.0 Å². The van der Waals surface area contributed by atoms with E-state index in [0.29, 0.717) is 16.1 Å². The topological polar surface area (TPSA) is 59.8 Å². The summed E-state index contributed by atoms with van der Waals surface area (Å²) >= 11 is 6.30. The predicted molar refractivity (Wildman–Crippen MR) is 110 cm³/mol. The van der Waals surface area contributed by atoms with Gasteiger partial charge in [-0.05, 0) is 30.7 Å². The van der Waals surface area contributed by atoms with Gasteiger partial charge in [0.25, 0.3) is 5.91 Å². The number of benzene rings is 2. The van der Waals surface area contributed by atoms with Gasteiger partial charge in [0.2, 0.25) is 0 Å². The third-order valence-corrected chi connectivity index (χ3v) is 5.03. The van der Waals surface area contributed by atoms with E-state index in [1.807, 2.05) is 62.5 Å². The summed E-state index contributed by atoms with van der Waals surface area (Å²) in [4.78, 5) is 17.8. The van der Waals surface area contributed by atoms with Gasteiger partial charge >= 0.3 is 0 Å². The van der Waals surface area contributed by atoms with Crippen LogP contribution in [0.3, 0.4) is 0 Å². The third-order valence-electron chi connectivity index (χ3n) is 4.73. The normalized spacial score (nSPS) is 12.1. The lowest BCUT2D eigenvalue weighted by molar-refractivity contribution is 0.0943. The van der Waals surface area contributed by atoms with Crippen molar-refractivity contribution in [2.24, 2.45) is 7.05 Å². The Hall–Kier alpha value is -3.18. The molecule has 0 unspecified atom stereocenters. The first-order chi connectivity index (χ1) is 13.5. The van der Waals surface area contributed by atoms with E-state index >= 15 is 0 Å². The maximum absolute atomic E-state index is 13.3. The van der Waals surface area contributed by atoms with Crippen LogP contribution in [0.25, 0.3) is 10.9 Å². The van der Waals surface area contributed by atoms with Gasteiger partial charge in [0, 0.05) is 24.3 Å². The SMILES string of the molecule is Cc1cc(C(=O)N[C@@H](c2ccccc2)c2ccnn2C)c2cccc(Cl)c2n1. The van der Waals surface area contributed by atoms with E-state index in [2.05, 4.69) is 15.4 Å². The van der Waals surface area contributed by atoms with Crippen LogP contribution in [0.2, 0.25) is 5.02 Å². The fourth-order valence-corrected chi connectivity index (χ4v) is 3.60. The van der Waals surface area contributed by atoms with Crippen molar-refractivity contribution in [2.45, 2.75) is 13.0 Å². The Morgan fingerprint density at radius 2 is 1.89 bits per heavy atom. The molecule has 0 aliphatic heterocycles. The van der Waals surface area contributed by atoms with Gasteiger partial charge in [-0.1, -0.05) is 54.1 Å². The highest BCUT2D eigenvalue weighted by Gasteiger charge is 2.22. The number of aryl methyl sites for hydroxylation is 2. The first-order valence-electron chi connectivity index (χ1n) is 8.94. The van der Waals surface area contributed by atoms with Crippen molar-refractivity contribution in [3.63, 3.8) is 0 Å². The molecule has 0 spiro atoms. The Bertz CT molecular complexity index is 1150. The Balaban J connectivity index is 1.78. The van der Waals surface area contributed by atoms with Crippen LogP contribution in [-0.2, 0) is 7.05 Å². The minimum atomic E-state index is -0.330. The highest BCUT2D eigenvalue weighted by atomic mass is 35.5. The van der Waals surface area contributed by atoms with Gasteiger partial charge in [-0.15, -0.1) is 0 Å². The van der Waals surface area contributed by atoms with E-state index < -0.39 is 0 Å². The number of rotatable bonds is 4. The summed E-state index contributed by atoms with van der Waals surface area (Å²) in [6.45, 7) is 1.86. The van der Waals surface area contributed by atoms with Crippen LogP contribution in [-0.4, -0.2) is 20.7 Å². The molecule has 28 heavy (non-hydrogen) atoms. The lowest BCUT2D eigenvalue weighted by Gasteiger charge is -2.20. The quantitative estimate of drug-likeness (QED) is 0.560. The molecule has 1 N–H and O–H groups in total. The smallest absolute Gasteiger partial charge is 0.252 e. The number of nitrogens with zero attached hydrogens (tertiary/aromatic N) is 3. The Labute approximate surface area is 168 Å². The average Bonchev–Trinajstić information content (AvgIpc) is 3.12. The summed E-state index contributed by atoms with van der Waals surface area (Å²) in [5.74, 6) is -0.187. The number of fused-ring (bicyclic) bond motifs is 1. The molecule has 0 fully saturated rings. The van der Waals surface area contributed by atoms with Gasteiger partial charge in [0.05, 0.1) is 27.8 Å². The fourth-order valence-electron chi connectivity index (χ4n) is 3.38. The molecule has 0 aliphatic carbocycles. The van der Waals surface area contributed by atoms with Gasteiger partial charge < -0.3 is 5.32 Å². The molecule has 2 aromatic heterocycles. The number of halogens is 1. The standard InChI is InChI=1S/C22H19ClN4O/c1-14-13-17(16-9-6-10-18(23)21(16)25-14)22(28)26-20(15-7-4-3-5-8-15)19-11-12-24-27(19)2/h3-13,20H,1-2H3,(H,26,28)/t20-/m0/s1. The molecule has 0 bridgehead atoms. The van der Waals surface area contributed by atoms with E-state index in [1.165, 1.54) is 0 Å². The second kappa shape index (κ2) is 7.44. The van der Waals surface area contributed by atoms with Crippen LogP contribution in [0.5, 0.6) is 0 Å². The molecule has 0 radical (unpaired) electrons. The lowest BCUT2D eigenvalue weighted by atomic mass is 10.0. The molecule has 6 heteroatoms. The fraction of sp³-hybridized carbons (Fsp3) is 0.136. The Kier molecular flexibility index (Phi) is 4.84. The maximum Gasteiger partial charge on any atom is 0.252 e. The number of amides is 1. The van der Waals surface area contributed by atoms with Crippen molar-refractivity contribution in [1.82, 2.24) is 20.1 Å². The molecular weight excluding hydrogens is 372 g/mol. The van der Waals surface area contributed by atoms with E-state index in [9.17, 15) is 4.79 Å². The largest absolute Gasteiger partial charge is 0.340 e. The van der Waals surface area contributed by atoms with Gasteiger partial charge in [-0.25, -0.2) is 0 Å². The second-order valence-corrected chi connectivity index (χ2v) is 7.05. The summed E-state index contributed by atoms with van der Waals surface area (Å²) in [6.07, 6.45) is 1.73. The summed E-state index contributed by atoms with van der Waals surface area (Å²) in [7, 11) is 1.86. The Morgan fingerprint density at radius 3 is 2.61 bits per heavy atom. The molecule has 1 amide bonds. The number of hydrogen-bond acceptors (Lipinski definition) is 3. The number of aromatic nitrogens is 3. The van der Waals surface area contributed by atoms with Crippen LogP contribution < -0.4 is 5.32 Å². The van der Waals surface area contributed by atoms with Crippen molar-refractivity contribution in [1.29, 1.82) is 0 Å². The summed E-state index contributed by atoms with van der Waals surface area (Å²) in [6, 6.07) is 18.7. The predicted octanol–water partition coefficient (Wildman–Crippen LogP) is 4.45. The molecule has 1 atom stereocenters. The highest BCUT2D eigenvalue weighted by Crippen LogP contribution is 2.27. The molecule has 0 aliphatic rings. The molecule has 140 valence electrons. The van der Waals surface area contributed by atoms with Gasteiger partial charge in [-0.2, -0.15) is 5.10 Å². The van der Waals surface area contributed by atoms with Crippen molar-refractivity contribution in [3.8, 4) is 0 Å². The molecule has 2 heterocycles. The van der Waals surface area contributed by atoms with Gasteiger partial charge in [-0.3, -0.25) is 14.5 Å². The van der Waals surface area contributed by atoms with E-state index in [0.717, 1.165) is 22.3 Å². The Morgan fingerprint density at radius 1 is 1.11 bits per heavy atom. The number of para-hydroxylation sites is 1. The zero-order valence-electron chi connectivity index (χ0n) is 15.6. The van der Waals surface area contributed by atoms with E-state index in [4.69, 9.17) is 11.6 Å². The summed E-state index contributed by atoms with van der Waals surface area (Å²) in [5, 5.41) is 8.68. The molecule has 5 nitrogen and oxygen atoms in total. The molecule has 0 saturated carbocycles. The number of carbonyl (C=O) groups excluding carboxylic acids is 1. The van der Waals surface area contributed by atoms with Crippen LogP contribution in [0.1, 0.15) is 33.4 Å².